The number of methoxy groups -OCH3 is 1. The van der Waals surface area contributed by atoms with Crippen molar-refractivity contribution < 1.29 is 27.6 Å². The first-order chi connectivity index (χ1) is 19.5. The van der Waals surface area contributed by atoms with Crippen LogP contribution in [0, 0.1) is 29.1 Å². The largest absolute Gasteiger partial charge is 0.497 e. The van der Waals surface area contributed by atoms with Gasteiger partial charge in [0.05, 0.1) is 12.8 Å². The molecule has 2 aromatic rings. The van der Waals surface area contributed by atoms with Crippen LogP contribution < -0.4 is 9.46 Å². The SMILES string of the molecule is COc1cccc([C@H]2C[C@@]3(C)[C@@H](CC[C@@]3(O)C#Cc3ccc(NS(=O)(=O)O)cc3)[C@@H]3CCC4=CC(=O)CCC4=C32)c1. The molecule has 6 rings (SSSR count). The van der Waals surface area contributed by atoms with Gasteiger partial charge in [0.15, 0.2) is 5.78 Å². The second kappa shape index (κ2) is 10.2. The Hall–Kier alpha value is -3.38. The van der Waals surface area contributed by atoms with Crippen LogP contribution in [0.25, 0.3) is 0 Å². The Morgan fingerprint density at radius 2 is 1.85 bits per heavy atom. The van der Waals surface area contributed by atoms with E-state index in [1.165, 1.54) is 34.4 Å². The van der Waals surface area contributed by atoms with Crippen LogP contribution in [0.2, 0.25) is 0 Å². The van der Waals surface area contributed by atoms with Crippen molar-refractivity contribution in [3.05, 3.63) is 82.5 Å². The topological polar surface area (TPSA) is 113 Å². The number of nitrogens with one attached hydrogen (secondary N) is 1. The minimum Gasteiger partial charge on any atom is -0.497 e. The number of allylic oxidation sites excluding steroid dienone is 4. The summed E-state index contributed by atoms with van der Waals surface area (Å²) in [7, 11) is -2.68. The Balaban J connectivity index is 1.40. The molecule has 2 fully saturated rings. The van der Waals surface area contributed by atoms with Gasteiger partial charge in [-0.2, -0.15) is 8.42 Å². The van der Waals surface area contributed by atoms with E-state index in [-0.39, 0.29) is 23.3 Å². The number of carbonyl (C=O) groups is 1. The molecule has 0 heterocycles. The van der Waals surface area contributed by atoms with Crippen molar-refractivity contribution in [1.82, 2.24) is 0 Å². The number of ether oxygens (including phenoxy) is 1. The predicted octanol–water partition coefficient (Wildman–Crippen LogP) is 5.59. The van der Waals surface area contributed by atoms with E-state index in [4.69, 9.17) is 9.29 Å². The quantitative estimate of drug-likeness (QED) is 0.325. The number of benzene rings is 2. The predicted molar refractivity (Wildman–Crippen MR) is 157 cm³/mol. The van der Waals surface area contributed by atoms with Gasteiger partial charge in [0.2, 0.25) is 0 Å². The maximum Gasteiger partial charge on any atom is 0.357 e. The highest BCUT2D eigenvalue weighted by atomic mass is 32.2. The van der Waals surface area contributed by atoms with Crippen LogP contribution in [0.15, 0.2) is 71.3 Å². The highest BCUT2D eigenvalue weighted by molar-refractivity contribution is 7.87. The molecule has 41 heavy (non-hydrogen) atoms. The maximum absolute atomic E-state index is 12.3. The van der Waals surface area contributed by atoms with Crippen LogP contribution >= 0.6 is 0 Å². The van der Waals surface area contributed by atoms with Crippen molar-refractivity contribution in [3.8, 4) is 17.6 Å². The van der Waals surface area contributed by atoms with E-state index in [9.17, 15) is 18.3 Å². The molecule has 0 aromatic heterocycles. The van der Waals surface area contributed by atoms with Crippen molar-refractivity contribution in [3.63, 3.8) is 0 Å². The fraction of sp³-hybridized carbons (Fsp3) is 0.424. The van der Waals surface area contributed by atoms with E-state index in [0.29, 0.717) is 24.3 Å². The van der Waals surface area contributed by atoms with Gasteiger partial charge in [0.1, 0.15) is 11.4 Å². The molecular formula is C33H35NO6S. The lowest BCUT2D eigenvalue weighted by Gasteiger charge is -2.53. The van der Waals surface area contributed by atoms with E-state index in [0.717, 1.165) is 37.9 Å². The molecule has 3 N–H and O–H groups in total. The summed E-state index contributed by atoms with van der Waals surface area (Å²) in [5.74, 6) is 8.09. The van der Waals surface area contributed by atoms with Crippen LogP contribution in [0.1, 0.15) is 68.9 Å². The summed E-state index contributed by atoms with van der Waals surface area (Å²) in [6.45, 7) is 2.20. The first-order valence-electron chi connectivity index (χ1n) is 14.2. The summed E-state index contributed by atoms with van der Waals surface area (Å²) in [6, 6.07) is 14.6. The third kappa shape index (κ3) is 5.01. The van der Waals surface area contributed by atoms with Crippen LogP contribution in [-0.4, -0.2) is 36.6 Å². The lowest BCUT2D eigenvalue weighted by atomic mass is 9.51. The van der Waals surface area contributed by atoms with E-state index in [2.05, 4.69) is 30.9 Å². The van der Waals surface area contributed by atoms with Gasteiger partial charge in [-0.05, 0) is 110 Å². The Morgan fingerprint density at radius 3 is 2.59 bits per heavy atom. The lowest BCUT2D eigenvalue weighted by molar-refractivity contribution is -0.114. The third-order valence-electron chi connectivity index (χ3n) is 9.93. The summed E-state index contributed by atoms with van der Waals surface area (Å²) < 4.78 is 38.9. The van der Waals surface area contributed by atoms with Gasteiger partial charge in [-0.15, -0.1) is 0 Å². The van der Waals surface area contributed by atoms with Crippen molar-refractivity contribution in [1.29, 1.82) is 0 Å². The molecule has 214 valence electrons. The first kappa shape index (κ1) is 27.8. The second-order valence-electron chi connectivity index (χ2n) is 12.1. The maximum atomic E-state index is 12.3. The second-order valence-corrected chi connectivity index (χ2v) is 13.2. The van der Waals surface area contributed by atoms with Gasteiger partial charge in [-0.25, -0.2) is 0 Å². The Kier molecular flexibility index (Phi) is 6.88. The number of anilines is 1. The van der Waals surface area contributed by atoms with Gasteiger partial charge in [0, 0.05) is 23.3 Å². The number of fused-ring (bicyclic) bond motifs is 4. The summed E-state index contributed by atoms with van der Waals surface area (Å²) in [6.07, 6.45) is 7.25. The van der Waals surface area contributed by atoms with Crippen LogP contribution in [0.4, 0.5) is 5.69 Å². The molecule has 2 saturated carbocycles. The van der Waals surface area contributed by atoms with Gasteiger partial charge in [-0.3, -0.25) is 14.1 Å². The van der Waals surface area contributed by atoms with E-state index in [1.54, 1.807) is 19.2 Å². The zero-order chi connectivity index (χ0) is 29.0. The smallest absolute Gasteiger partial charge is 0.357 e. The minimum absolute atomic E-state index is 0.0838. The van der Waals surface area contributed by atoms with E-state index in [1.807, 2.05) is 22.9 Å². The molecule has 5 atom stereocenters. The van der Waals surface area contributed by atoms with Crippen molar-refractivity contribution in [2.24, 2.45) is 17.3 Å². The number of aliphatic hydroxyl groups is 1. The molecule has 0 amide bonds. The molecule has 2 aromatic carbocycles. The number of hydrogen-bond acceptors (Lipinski definition) is 5. The first-order valence-corrected chi connectivity index (χ1v) is 15.7. The summed E-state index contributed by atoms with van der Waals surface area (Å²) in [5, 5.41) is 12.2. The number of rotatable bonds is 4. The molecule has 0 radical (unpaired) electrons. The van der Waals surface area contributed by atoms with Gasteiger partial charge < -0.3 is 9.84 Å². The zero-order valence-electron chi connectivity index (χ0n) is 23.3. The summed E-state index contributed by atoms with van der Waals surface area (Å²) in [4.78, 5) is 12.3. The van der Waals surface area contributed by atoms with Gasteiger partial charge in [0.25, 0.3) is 0 Å². The average molecular weight is 574 g/mol. The number of carbonyl (C=O) groups excluding carboxylic acids is 1. The number of hydrogen-bond donors (Lipinski definition) is 3. The molecule has 0 saturated heterocycles. The average Bonchev–Trinajstić information content (AvgIpc) is 3.21. The highest BCUT2D eigenvalue weighted by Crippen LogP contribution is 2.66. The van der Waals surface area contributed by atoms with Gasteiger partial charge in [-0.1, -0.05) is 36.5 Å². The summed E-state index contributed by atoms with van der Waals surface area (Å²) in [5.41, 5.74) is 4.39. The lowest BCUT2D eigenvalue weighted by Crippen LogP contribution is -2.51. The zero-order valence-corrected chi connectivity index (χ0v) is 24.1. The van der Waals surface area contributed by atoms with Crippen LogP contribution in [0.5, 0.6) is 5.75 Å². The van der Waals surface area contributed by atoms with E-state index < -0.39 is 21.3 Å². The normalized spacial score (nSPS) is 30.8. The molecular weight excluding hydrogens is 538 g/mol. The van der Waals surface area contributed by atoms with Crippen LogP contribution in [-0.2, 0) is 15.1 Å². The third-order valence-corrected chi connectivity index (χ3v) is 10.4. The highest BCUT2D eigenvalue weighted by Gasteiger charge is 2.62. The molecule has 7 nitrogen and oxygen atoms in total. The molecule has 4 aliphatic carbocycles. The summed E-state index contributed by atoms with van der Waals surface area (Å²) >= 11 is 0. The van der Waals surface area contributed by atoms with Crippen molar-refractivity contribution in [2.45, 2.75) is 63.4 Å². The van der Waals surface area contributed by atoms with E-state index >= 15 is 0 Å². The molecule has 0 unspecified atom stereocenters. The standard InChI is InChI=1S/C33H35NO6S/c1-32-20-29(22-4-3-5-26(19-22)40-2)31-27-13-11-25(35)18-23(27)8-12-28(31)30(32)15-17-33(32,36)16-14-21-6-9-24(10-7-21)34-41(37,38)39/h3-7,9-10,18-19,28-30,34,36H,8,11-13,15,17,20H2,1-2H3,(H,37,38,39)/t28-,29+,30-,32-,33-/m0/s1. The Bertz CT molecular complexity index is 1630. The Labute approximate surface area is 241 Å². The molecule has 4 aliphatic rings. The fourth-order valence-corrected chi connectivity index (χ4v) is 8.41. The van der Waals surface area contributed by atoms with Gasteiger partial charge >= 0.3 is 10.3 Å². The van der Waals surface area contributed by atoms with Crippen molar-refractivity contribution in [2.75, 3.05) is 11.8 Å². The minimum atomic E-state index is -4.36. The monoisotopic (exact) mass is 573 g/mol. The molecule has 0 aliphatic heterocycles. The molecule has 0 bridgehead atoms. The fourth-order valence-electron chi connectivity index (χ4n) is 7.97. The molecule has 0 spiro atoms. The van der Waals surface area contributed by atoms with Crippen molar-refractivity contribution >= 4 is 21.8 Å². The number of ketones is 1. The Morgan fingerprint density at radius 1 is 1.07 bits per heavy atom. The van der Waals surface area contributed by atoms with Crippen LogP contribution in [0.3, 0.4) is 0 Å². The molecule has 8 heteroatoms.